The number of hydrogen-bond donors (Lipinski definition) is 2. The summed E-state index contributed by atoms with van der Waals surface area (Å²) in [4.78, 5) is 1.06. The summed E-state index contributed by atoms with van der Waals surface area (Å²) >= 11 is 1.58. The van der Waals surface area contributed by atoms with Crippen LogP contribution in [0.1, 0.15) is 25.3 Å². The van der Waals surface area contributed by atoms with Gasteiger partial charge in [0.15, 0.2) is 0 Å². The largest absolute Gasteiger partial charge is 0.392 e. The summed E-state index contributed by atoms with van der Waals surface area (Å²) in [5.41, 5.74) is 0.897. The van der Waals surface area contributed by atoms with Crippen molar-refractivity contribution in [3.63, 3.8) is 0 Å². The second-order valence-corrected chi connectivity index (χ2v) is 5.29. The molecule has 102 valence electrons. The van der Waals surface area contributed by atoms with Gasteiger partial charge in [-0.2, -0.15) is 0 Å². The Balaban J connectivity index is 2.22. The number of aliphatic hydroxyl groups excluding tert-OH is 2. The van der Waals surface area contributed by atoms with Crippen LogP contribution >= 0.6 is 11.8 Å². The van der Waals surface area contributed by atoms with E-state index in [2.05, 4.69) is 6.92 Å². The van der Waals surface area contributed by atoms with Crippen LogP contribution in [0.5, 0.6) is 0 Å². The van der Waals surface area contributed by atoms with Crippen molar-refractivity contribution >= 4 is 11.8 Å². The fourth-order valence-electron chi connectivity index (χ4n) is 1.44. The van der Waals surface area contributed by atoms with Crippen LogP contribution in [0.2, 0.25) is 0 Å². The maximum absolute atomic E-state index is 9.74. The van der Waals surface area contributed by atoms with Gasteiger partial charge in [0.05, 0.1) is 19.3 Å². The van der Waals surface area contributed by atoms with E-state index in [1.807, 2.05) is 24.3 Å². The van der Waals surface area contributed by atoms with Crippen molar-refractivity contribution in [2.75, 3.05) is 19.0 Å². The smallest absolute Gasteiger partial charge is 0.0867 e. The van der Waals surface area contributed by atoms with E-state index in [4.69, 9.17) is 9.84 Å². The molecule has 0 radical (unpaired) electrons. The van der Waals surface area contributed by atoms with Crippen molar-refractivity contribution in [2.24, 2.45) is 0 Å². The third-order valence-electron chi connectivity index (χ3n) is 2.48. The maximum atomic E-state index is 9.74. The molecule has 0 aromatic heterocycles. The van der Waals surface area contributed by atoms with Crippen LogP contribution in [0.15, 0.2) is 29.2 Å². The van der Waals surface area contributed by atoms with Crippen LogP contribution in [0.4, 0.5) is 0 Å². The molecule has 2 N–H and O–H groups in total. The van der Waals surface area contributed by atoms with Crippen molar-refractivity contribution in [1.82, 2.24) is 0 Å². The highest BCUT2D eigenvalue weighted by atomic mass is 32.2. The summed E-state index contributed by atoms with van der Waals surface area (Å²) in [5.74, 6) is 0.612. The van der Waals surface area contributed by atoms with Gasteiger partial charge in [0.2, 0.25) is 0 Å². The van der Waals surface area contributed by atoms with Crippen molar-refractivity contribution in [3.05, 3.63) is 29.8 Å². The minimum absolute atomic E-state index is 0.0527. The first-order chi connectivity index (χ1) is 8.76. The lowest BCUT2D eigenvalue weighted by atomic mass is 10.2. The van der Waals surface area contributed by atoms with Gasteiger partial charge in [-0.1, -0.05) is 25.5 Å². The molecule has 1 atom stereocenters. The zero-order valence-corrected chi connectivity index (χ0v) is 11.7. The Hall–Kier alpha value is -0.550. The molecule has 0 saturated carbocycles. The lowest BCUT2D eigenvalue weighted by Gasteiger charge is -2.11. The normalized spacial score (nSPS) is 12.6. The Labute approximate surface area is 113 Å². The van der Waals surface area contributed by atoms with Gasteiger partial charge in [-0.25, -0.2) is 0 Å². The second kappa shape index (κ2) is 9.39. The molecule has 0 saturated heterocycles. The summed E-state index contributed by atoms with van der Waals surface area (Å²) in [5, 5.41) is 18.8. The quantitative estimate of drug-likeness (QED) is 0.534. The minimum atomic E-state index is -0.440. The van der Waals surface area contributed by atoms with Gasteiger partial charge < -0.3 is 14.9 Å². The van der Waals surface area contributed by atoms with Gasteiger partial charge in [0, 0.05) is 17.3 Å². The van der Waals surface area contributed by atoms with E-state index in [0.29, 0.717) is 12.4 Å². The average molecular weight is 270 g/mol. The molecule has 4 heteroatoms. The highest BCUT2D eigenvalue weighted by Crippen LogP contribution is 2.20. The Kier molecular flexibility index (Phi) is 8.09. The Morgan fingerprint density at radius 2 is 2.22 bits per heavy atom. The Morgan fingerprint density at radius 3 is 2.94 bits per heavy atom. The molecule has 0 bridgehead atoms. The van der Waals surface area contributed by atoms with Crippen LogP contribution in [0, 0.1) is 0 Å². The monoisotopic (exact) mass is 270 g/mol. The van der Waals surface area contributed by atoms with E-state index in [1.54, 1.807) is 11.8 Å². The molecule has 1 unspecified atom stereocenters. The Morgan fingerprint density at radius 1 is 1.39 bits per heavy atom. The van der Waals surface area contributed by atoms with E-state index >= 15 is 0 Å². The first kappa shape index (κ1) is 15.5. The lowest BCUT2D eigenvalue weighted by Crippen LogP contribution is -2.18. The summed E-state index contributed by atoms with van der Waals surface area (Å²) in [7, 11) is 0. The topological polar surface area (TPSA) is 49.7 Å². The highest BCUT2D eigenvalue weighted by Gasteiger charge is 2.05. The molecule has 0 spiro atoms. The minimum Gasteiger partial charge on any atom is -0.392 e. The van der Waals surface area contributed by atoms with E-state index in [1.165, 1.54) is 0 Å². The van der Waals surface area contributed by atoms with E-state index < -0.39 is 6.10 Å². The van der Waals surface area contributed by atoms with E-state index in [9.17, 15) is 5.11 Å². The molecule has 0 aliphatic carbocycles. The van der Waals surface area contributed by atoms with Crippen molar-refractivity contribution in [1.29, 1.82) is 0 Å². The number of ether oxygens (including phenoxy) is 1. The van der Waals surface area contributed by atoms with Crippen molar-refractivity contribution < 1.29 is 14.9 Å². The molecule has 1 aromatic carbocycles. The molecule has 0 fully saturated rings. The third-order valence-corrected chi connectivity index (χ3v) is 3.61. The van der Waals surface area contributed by atoms with Crippen LogP contribution in [-0.2, 0) is 11.3 Å². The first-order valence-electron chi connectivity index (χ1n) is 6.34. The number of unbranched alkanes of at least 4 members (excludes halogenated alkanes) is 1. The van der Waals surface area contributed by atoms with Crippen LogP contribution in [-0.4, -0.2) is 35.3 Å². The number of benzene rings is 1. The zero-order valence-electron chi connectivity index (χ0n) is 10.8. The fourth-order valence-corrected chi connectivity index (χ4v) is 2.33. The van der Waals surface area contributed by atoms with Crippen molar-refractivity contribution in [2.45, 2.75) is 37.4 Å². The first-order valence-corrected chi connectivity index (χ1v) is 7.33. The molecular formula is C14H22O3S. The van der Waals surface area contributed by atoms with Gasteiger partial charge in [-0.05, 0) is 24.1 Å². The predicted molar refractivity (Wildman–Crippen MR) is 74.8 cm³/mol. The van der Waals surface area contributed by atoms with Crippen LogP contribution in [0.25, 0.3) is 0 Å². The summed E-state index contributed by atoms with van der Waals surface area (Å²) in [6, 6.07) is 7.72. The second-order valence-electron chi connectivity index (χ2n) is 4.20. The average Bonchev–Trinajstić information content (AvgIpc) is 2.41. The molecule has 1 rings (SSSR count). The number of thioether (sulfide) groups is 1. The molecule has 3 nitrogen and oxygen atoms in total. The van der Waals surface area contributed by atoms with Gasteiger partial charge >= 0.3 is 0 Å². The SMILES string of the molecule is CCCCOCC(O)CSc1cccc(CO)c1. The predicted octanol–water partition coefficient (Wildman–Crippen LogP) is 2.45. The van der Waals surface area contributed by atoms with Gasteiger partial charge in [0.25, 0.3) is 0 Å². The molecule has 0 aliphatic rings. The van der Waals surface area contributed by atoms with E-state index in [-0.39, 0.29) is 6.61 Å². The molecule has 0 amide bonds. The zero-order chi connectivity index (χ0) is 13.2. The van der Waals surface area contributed by atoms with E-state index in [0.717, 1.165) is 29.9 Å². The molecule has 0 aliphatic heterocycles. The number of aliphatic hydroxyl groups is 2. The molecule has 18 heavy (non-hydrogen) atoms. The highest BCUT2D eigenvalue weighted by molar-refractivity contribution is 7.99. The summed E-state index contributed by atoms with van der Waals surface area (Å²) < 4.78 is 5.37. The standard InChI is InChI=1S/C14H22O3S/c1-2-3-7-17-10-13(16)11-18-14-6-4-5-12(8-14)9-15/h4-6,8,13,15-16H,2-3,7,9-11H2,1H3. The van der Waals surface area contributed by atoms with Gasteiger partial charge in [-0.3, -0.25) is 0 Å². The number of rotatable bonds is 9. The third kappa shape index (κ3) is 6.40. The van der Waals surface area contributed by atoms with Gasteiger partial charge in [-0.15, -0.1) is 11.8 Å². The van der Waals surface area contributed by atoms with Crippen molar-refractivity contribution in [3.8, 4) is 0 Å². The summed E-state index contributed by atoms with van der Waals surface area (Å²) in [6.45, 7) is 3.28. The fraction of sp³-hybridized carbons (Fsp3) is 0.571. The number of hydrogen-bond acceptors (Lipinski definition) is 4. The maximum Gasteiger partial charge on any atom is 0.0867 e. The van der Waals surface area contributed by atoms with Crippen LogP contribution in [0.3, 0.4) is 0 Å². The van der Waals surface area contributed by atoms with Gasteiger partial charge in [0.1, 0.15) is 0 Å². The van der Waals surface area contributed by atoms with Crippen LogP contribution < -0.4 is 0 Å². The lowest BCUT2D eigenvalue weighted by molar-refractivity contribution is 0.0473. The Bertz CT molecular complexity index is 331. The molecule has 1 aromatic rings. The molecular weight excluding hydrogens is 248 g/mol. The molecule has 0 heterocycles. The summed E-state index contributed by atoms with van der Waals surface area (Å²) in [6.07, 6.45) is 1.71.